The Morgan fingerprint density at radius 1 is 1.26 bits per heavy atom. The number of nitrogens with one attached hydrogen (secondary N) is 2. The topological polar surface area (TPSA) is 67.2 Å². The normalized spacial score (nSPS) is 32.4. The molecule has 0 bridgehead atoms. The van der Waals surface area contributed by atoms with Crippen LogP contribution < -0.4 is 16.4 Å². The van der Waals surface area contributed by atoms with Gasteiger partial charge in [0.2, 0.25) is 5.91 Å². The maximum Gasteiger partial charge on any atom is 0.224 e. The molecule has 1 saturated heterocycles. The molecule has 1 amide bonds. The van der Waals surface area contributed by atoms with Gasteiger partial charge in [-0.2, -0.15) is 0 Å². The van der Waals surface area contributed by atoms with Crippen LogP contribution in [0.3, 0.4) is 0 Å². The molecule has 2 fully saturated rings. The number of hydrogen-bond acceptors (Lipinski definition) is 3. The average Bonchev–Trinajstić information content (AvgIpc) is 2.85. The zero-order chi connectivity index (χ0) is 13.9. The first-order chi connectivity index (χ1) is 9.00. The van der Waals surface area contributed by atoms with Gasteiger partial charge in [-0.25, -0.2) is 0 Å². The van der Waals surface area contributed by atoms with E-state index in [1.807, 2.05) is 13.8 Å². The van der Waals surface area contributed by atoms with Crippen molar-refractivity contribution >= 4 is 5.91 Å². The lowest BCUT2D eigenvalue weighted by atomic mass is 9.87. The molecule has 1 saturated carbocycles. The summed E-state index contributed by atoms with van der Waals surface area (Å²) in [6.07, 6.45) is 7.83. The first kappa shape index (κ1) is 14.8. The maximum absolute atomic E-state index is 11.4. The maximum atomic E-state index is 11.4. The highest BCUT2D eigenvalue weighted by molar-refractivity contribution is 5.80. The highest BCUT2D eigenvalue weighted by atomic mass is 16.1. The number of piperidine rings is 1. The molecule has 4 N–H and O–H groups in total. The molecule has 2 aliphatic rings. The van der Waals surface area contributed by atoms with Crippen molar-refractivity contribution in [1.82, 2.24) is 10.6 Å². The lowest BCUT2D eigenvalue weighted by Gasteiger charge is -2.34. The van der Waals surface area contributed by atoms with Crippen molar-refractivity contribution in [3.63, 3.8) is 0 Å². The summed E-state index contributed by atoms with van der Waals surface area (Å²) in [5, 5.41) is 7.29. The smallest absolute Gasteiger partial charge is 0.224 e. The molecule has 1 aliphatic heterocycles. The third kappa shape index (κ3) is 3.69. The van der Waals surface area contributed by atoms with Crippen LogP contribution in [0, 0.1) is 11.3 Å². The number of rotatable bonds is 5. The Kier molecular flexibility index (Phi) is 4.85. The van der Waals surface area contributed by atoms with Crippen LogP contribution in [0.1, 0.15) is 52.4 Å². The van der Waals surface area contributed by atoms with E-state index in [0.717, 1.165) is 5.92 Å². The predicted octanol–water partition coefficient (Wildman–Crippen LogP) is 1.40. The third-order valence-corrected chi connectivity index (χ3v) is 4.91. The number of carbonyl (C=O) groups excluding carboxylic acids is 1. The van der Waals surface area contributed by atoms with Gasteiger partial charge in [0.15, 0.2) is 0 Å². The summed E-state index contributed by atoms with van der Waals surface area (Å²) in [7, 11) is 0. The van der Waals surface area contributed by atoms with E-state index in [0.29, 0.717) is 18.6 Å². The van der Waals surface area contributed by atoms with E-state index in [2.05, 4.69) is 10.6 Å². The number of amides is 1. The van der Waals surface area contributed by atoms with E-state index in [-0.39, 0.29) is 5.91 Å². The number of carbonyl (C=O) groups is 1. The monoisotopic (exact) mass is 267 g/mol. The molecular weight excluding hydrogens is 238 g/mol. The molecule has 0 aromatic carbocycles. The minimum absolute atomic E-state index is 0.217. The van der Waals surface area contributed by atoms with Crippen molar-refractivity contribution in [3.8, 4) is 0 Å². The zero-order valence-electron chi connectivity index (χ0n) is 12.4. The van der Waals surface area contributed by atoms with Gasteiger partial charge in [0.25, 0.3) is 0 Å². The molecule has 1 aliphatic carbocycles. The highest BCUT2D eigenvalue weighted by Crippen LogP contribution is 2.32. The number of hydrogen-bond donors (Lipinski definition) is 3. The summed E-state index contributed by atoms with van der Waals surface area (Å²) < 4.78 is 0. The summed E-state index contributed by atoms with van der Waals surface area (Å²) in [4.78, 5) is 11.4. The Morgan fingerprint density at radius 2 is 2.05 bits per heavy atom. The number of nitrogens with two attached hydrogens (primary N) is 1. The molecule has 19 heavy (non-hydrogen) atoms. The molecule has 2 rings (SSSR count). The van der Waals surface area contributed by atoms with Gasteiger partial charge in [0.1, 0.15) is 0 Å². The molecular formula is C15H29N3O. The molecule has 3 atom stereocenters. The predicted molar refractivity (Wildman–Crippen MR) is 77.7 cm³/mol. The van der Waals surface area contributed by atoms with Crippen molar-refractivity contribution in [3.05, 3.63) is 0 Å². The van der Waals surface area contributed by atoms with Crippen molar-refractivity contribution < 1.29 is 4.79 Å². The van der Waals surface area contributed by atoms with Crippen molar-refractivity contribution in [2.45, 2.75) is 64.5 Å². The van der Waals surface area contributed by atoms with Crippen molar-refractivity contribution in [2.24, 2.45) is 17.1 Å². The minimum atomic E-state index is -0.451. The van der Waals surface area contributed by atoms with Crippen LogP contribution in [0.4, 0.5) is 0 Å². The fourth-order valence-electron chi connectivity index (χ4n) is 3.44. The molecule has 0 radical (unpaired) electrons. The van der Waals surface area contributed by atoms with Crippen LogP contribution in [0.2, 0.25) is 0 Å². The SMILES string of the molecule is CC(C)(CNC1CCCC1C1CCCCN1)C(N)=O. The second kappa shape index (κ2) is 6.23. The van der Waals surface area contributed by atoms with E-state index in [1.165, 1.54) is 45.1 Å². The largest absolute Gasteiger partial charge is 0.369 e. The van der Waals surface area contributed by atoms with Crippen LogP contribution in [-0.4, -0.2) is 31.1 Å². The van der Waals surface area contributed by atoms with E-state index in [4.69, 9.17) is 5.73 Å². The quantitative estimate of drug-likeness (QED) is 0.705. The van der Waals surface area contributed by atoms with Gasteiger partial charge < -0.3 is 16.4 Å². The highest BCUT2D eigenvalue weighted by Gasteiger charge is 2.35. The Hall–Kier alpha value is -0.610. The van der Waals surface area contributed by atoms with Gasteiger partial charge in [0.05, 0.1) is 5.41 Å². The summed E-state index contributed by atoms with van der Waals surface area (Å²) in [5.41, 5.74) is 4.99. The van der Waals surface area contributed by atoms with E-state index < -0.39 is 5.41 Å². The summed E-state index contributed by atoms with van der Waals surface area (Å²) in [6, 6.07) is 1.22. The van der Waals surface area contributed by atoms with Gasteiger partial charge in [0, 0.05) is 18.6 Å². The van der Waals surface area contributed by atoms with Crippen LogP contribution in [0.25, 0.3) is 0 Å². The van der Waals surface area contributed by atoms with E-state index in [9.17, 15) is 4.79 Å². The van der Waals surface area contributed by atoms with Crippen LogP contribution in [0.15, 0.2) is 0 Å². The Morgan fingerprint density at radius 3 is 2.68 bits per heavy atom. The third-order valence-electron chi connectivity index (χ3n) is 4.91. The number of primary amides is 1. The first-order valence-electron chi connectivity index (χ1n) is 7.77. The van der Waals surface area contributed by atoms with Gasteiger partial charge in [-0.05, 0) is 52.0 Å². The van der Waals surface area contributed by atoms with E-state index >= 15 is 0 Å². The van der Waals surface area contributed by atoms with Crippen LogP contribution in [0.5, 0.6) is 0 Å². The molecule has 0 aromatic rings. The minimum Gasteiger partial charge on any atom is -0.369 e. The Bertz CT molecular complexity index is 311. The van der Waals surface area contributed by atoms with Gasteiger partial charge in [-0.15, -0.1) is 0 Å². The van der Waals surface area contributed by atoms with Crippen LogP contribution >= 0.6 is 0 Å². The Labute approximate surface area is 116 Å². The first-order valence-corrected chi connectivity index (χ1v) is 7.77. The molecule has 0 spiro atoms. The Balaban J connectivity index is 1.86. The molecule has 110 valence electrons. The fraction of sp³-hybridized carbons (Fsp3) is 0.933. The van der Waals surface area contributed by atoms with Gasteiger partial charge in [-0.1, -0.05) is 12.8 Å². The lowest BCUT2D eigenvalue weighted by molar-refractivity contribution is -0.125. The second-order valence-electron chi connectivity index (χ2n) is 6.89. The standard InChI is InChI=1S/C15H29N3O/c1-15(2,14(16)19)10-18-13-8-5-6-11(13)12-7-3-4-9-17-12/h11-13,17-18H,3-10H2,1-2H3,(H2,16,19). The summed E-state index contributed by atoms with van der Waals surface area (Å²) in [6.45, 7) is 5.70. The fourth-order valence-corrected chi connectivity index (χ4v) is 3.44. The molecule has 0 aromatic heterocycles. The van der Waals surface area contributed by atoms with Crippen molar-refractivity contribution in [2.75, 3.05) is 13.1 Å². The zero-order valence-corrected chi connectivity index (χ0v) is 12.4. The van der Waals surface area contributed by atoms with Gasteiger partial charge >= 0.3 is 0 Å². The lowest BCUT2D eigenvalue weighted by Crippen LogP contribution is -2.50. The van der Waals surface area contributed by atoms with Gasteiger partial charge in [-0.3, -0.25) is 4.79 Å². The van der Waals surface area contributed by atoms with Crippen molar-refractivity contribution in [1.29, 1.82) is 0 Å². The average molecular weight is 267 g/mol. The summed E-state index contributed by atoms with van der Waals surface area (Å²) in [5.74, 6) is 0.509. The molecule has 1 heterocycles. The van der Waals surface area contributed by atoms with Crippen LogP contribution in [-0.2, 0) is 4.79 Å². The molecule has 4 heteroatoms. The second-order valence-corrected chi connectivity index (χ2v) is 6.89. The van der Waals surface area contributed by atoms with E-state index in [1.54, 1.807) is 0 Å². The molecule has 4 nitrogen and oxygen atoms in total. The molecule has 3 unspecified atom stereocenters. The summed E-state index contributed by atoms with van der Waals surface area (Å²) >= 11 is 0.